The van der Waals surface area contributed by atoms with Gasteiger partial charge in [-0.3, -0.25) is 4.79 Å². The van der Waals surface area contributed by atoms with Gasteiger partial charge >= 0.3 is 5.97 Å². The van der Waals surface area contributed by atoms with E-state index in [1.165, 1.54) is 12.0 Å². The Morgan fingerprint density at radius 3 is 2.76 bits per heavy atom. The van der Waals surface area contributed by atoms with Gasteiger partial charge in [0.25, 0.3) is 5.91 Å². The Balaban J connectivity index is 2.25. The summed E-state index contributed by atoms with van der Waals surface area (Å²) in [6.45, 7) is 0.284. The molecule has 1 fully saturated rings. The molecule has 1 saturated heterocycles. The van der Waals surface area contributed by atoms with Crippen molar-refractivity contribution >= 4 is 17.7 Å². The van der Waals surface area contributed by atoms with Crippen molar-refractivity contribution in [3.05, 3.63) is 23.9 Å². The van der Waals surface area contributed by atoms with E-state index < -0.39 is 12.0 Å². The van der Waals surface area contributed by atoms with Gasteiger partial charge < -0.3 is 19.6 Å². The van der Waals surface area contributed by atoms with Gasteiger partial charge in [0, 0.05) is 45.9 Å². The minimum Gasteiger partial charge on any atom is -0.480 e. The number of hydrogen-bond donors (Lipinski definition) is 1. The summed E-state index contributed by atoms with van der Waals surface area (Å²) in [5, 5.41) is 9.27. The standard InChI is InChI=1S/C14H19N3O4/c1-16(2)12-6-9(4-5-15-12)13(18)17-8-10(21-3)7-11(17)14(19)20/h4-6,10-11H,7-8H2,1-3H3,(H,19,20). The SMILES string of the molecule is COC1CC(C(=O)O)N(C(=O)c2ccnc(N(C)C)c2)C1. The maximum Gasteiger partial charge on any atom is 0.326 e. The summed E-state index contributed by atoms with van der Waals surface area (Å²) in [6, 6.07) is 2.40. The Kier molecular flexibility index (Phi) is 4.42. The molecular formula is C14H19N3O4. The lowest BCUT2D eigenvalue weighted by Gasteiger charge is -2.22. The molecule has 0 aliphatic carbocycles. The van der Waals surface area contributed by atoms with Gasteiger partial charge in [-0.1, -0.05) is 0 Å². The van der Waals surface area contributed by atoms with E-state index in [4.69, 9.17) is 4.74 Å². The first-order valence-electron chi connectivity index (χ1n) is 6.64. The van der Waals surface area contributed by atoms with E-state index in [0.717, 1.165) is 0 Å². The first-order chi connectivity index (χ1) is 9.93. The van der Waals surface area contributed by atoms with Crippen LogP contribution in [0.15, 0.2) is 18.3 Å². The summed E-state index contributed by atoms with van der Waals surface area (Å²) in [7, 11) is 5.18. The Bertz CT molecular complexity index is 547. The molecule has 0 radical (unpaired) electrons. The first-order valence-corrected chi connectivity index (χ1v) is 6.64. The number of carbonyl (C=O) groups is 2. The van der Waals surface area contributed by atoms with Crippen molar-refractivity contribution in [3.8, 4) is 0 Å². The third-order valence-corrected chi connectivity index (χ3v) is 3.59. The Labute approximate surface area is 123 Å². The minimum atomic E-state index is -1.01. The zero-order valence-electron chi connectivity index (χ0n) is 12.3. The average molecular weight is 293 g/mol. The molecule has 2 rings (SSSR count). The minimum absolute atomic E-state index is 0.245. The van der Waals surface area contributed by atoms with Gasteiger partial charge in [-0.2, -0.15) is 0 Å². The molecule has 7 heteroatoms. The number of carboxylic acid groups (broad SMARTS) is 1. The van der Waals surface area contributed by atoms with E-state index in [-0.39, 0.29) is 18.6 Å². The number of aromatic nitrogens is 1. The number of likely N-dealkylation sites (tertiary alicyclic amines) is 1. The van der Waals surface area contributed by atoms with Crippen molar-refractivity contribution in [2.24, 2.45) is 0 Å². The van der Waals surface area contributed by atoms with Gasteiger partial charge in [0.2, 0.25) is 0 Å². The number of carbonyl (C=O) groups excluding carboxylic acids is 1. The van der Waals surface area contributed by atoms with Crippen molar-refractivity contribution in [2.45, 2.75) is 18.6 Å². The van der Waals surface area contributed by atoms with Gasteiger partial charge in [0.15, 0.2) is 0 Å². The van der Waals surface area contributed by atoms with Crippen LogP contribution in [0.3, 0.4) is 0 Å². The molecule has 1 aliphatic heterocycles. The fourth-order valence-corrected chi connectivity index (χ4v) is 2.39. The molecule has 0 aromatic carbocycles. The van der Waals surface area contributed by atoms with Gasteiger partial charge in [-0.15, -0.1) is 0 Å². The van der Waals surface area contributed by atoms with Crippen LogP contribution in [-0.2, 0) is 9.53 Å². The van der Waals surface area contributed by atoms with E-state index in [9.17, 15) is 14.7 Å². The summed E-state index contributed by atoms with van der Waals surface area (Å²) in [6.07, 6.45) is 1.61. The zero-order valence-corrected chi connectivity index (χ0v) is 12.3. The molecule has 0 saturated carbocycles. The third-order valence-electron chi connectivity index (χ3n) is 3.59. The quantitative estimate of drug-likeness (QED) is 0.868. The van der Waals surface area contributed by atoms with Gasteiger partial charge in [0.1, 0.15) is 11.9 Å². The highest BCUT2D eigenvalue weighted by Gasteiger charge is 2.40. The second-order valence-corrected chi connectivity index (χ2v) is 5.20. The van der Waals surface area contributed by atoms with Crippen LogP contribution in [0.5, 0.6) is 0 Å². The van der Waals surface area contributed by atoms with Crippen molar-refractivity contribution in [1.82, 2.24) is 9.88 Å². The van der Waals surface area contributed by atoms with Crippen molar-refractivity contribution in [3.63, 3.8) is 0 Å². The molecule has 2 atom stereocenters. The molecule has 1 aromatic heterocycles. The number of methoxy groups -OCH3 is 1. The van der Waals surface area contributed by atoms with Gasteiger partial charge in [-0.05, 0) is 12.1 Å². The number of pyridine rings is 1. The number of ether oxygens (including phenoxy) is 1. The van der Waals surface area contributed by atoms with Crippen molar-refractivity contribution in [1.29, 1.82) is 0 Å². The van der Waals surface area contributed by atoms with Crippen LogP contribution in [0.4, 0.5) is 5.82 Å². The molecule has 2 heterocycles. The lowest BCUT2D eigenvalue weighted by Crippen LogP contribution is -2.40. The van der Waals surface area contributed by atoms with Crippen LogP contribution >= 0.6 is 0 Å². The van der Waals surface area contributed by atoms with Crippen LogP contribution in [0, 0.1) is 0 Å². The van der Waals surface area contributed by atoms with Gasteiger partial charge in [-0.25, -0.2) is 9.78 Å². The molecule has 0 spiro atoms. The molecule has 1 N–H and O–H groups in total. The highest BCUT2D eigenvalue weighted by atomic mass is 16.5. The molecule has 1 amide bonds. The average Bonchev–Trinajstić information content (AvgIpc) is 2.91. The second kappa shape index (κ2) is 6.09. The molecular weight excluding hydrogens is 274 g/mol. The van der Waals surface area contributed by atoms with E-state index in [1.54, 1.807) is 23.2 Å². The molecule has 1 aromatic rings. The lowest BCUT2D eigenvalue weighted by molar-refractivity contribution is -0.141. The van der Waals surface area contributed by atoms with Gasteiger partial charge in [0.05, 0.1) is 6.10 Å². The smallest absolute Gasteiger partial charge is 0.326 e. The van der Waals surface area contributed by atoms with Crippen molar-refractivity contribution < 1.29 is 19.4 Å². The number of hydrogen-bond acceptors (Lipinski definition) is 5. The highest BCUT2D eigenvalue weighted by Crippen LogP contribution is 2.23. The fourth-order valence-electron chi connectivity index (χ4n) is 2.39. The fraction of sp³-hybridized carbons (Fsp3) is 0.500. The summed E-state index contributed by atoms with van der Waals surface area (Å²) in [4.78, 5) is 31.2. The Morgan fingerprint density at radius 1 is 1.48 bits per heavy atom. The maximum absolute atomic E-state index is 12.6. The number of carboxylic acids is 1. The van der Waals surface area contributed by atoms with E-state index in [2.05, 4.69) is 4.98 Å². The topological polar surface area (TPSA) is 83.0 Å². The van der Waals surface area contributed by atoms with Crippen LogP contribution in [0.1, 0.15) is 16.8 Å². The number of aliphatic carboxylic acids is 1. The number of rotatable bonds is 4. The Hall–Kier alpha value is -2.15. The van der Waals surface area contributed by atoms with Crippen molar-refractivity contribution in [2.75, 3.05) is 32.6 Å². The first kappa shape index (κ1) is 15.2. The van der Waals surface area contributed by atoms with Crippen LogP contribution < -0.4 is 4.90 Å². The molecule has 0 bridgehead atoms. The Morgan fingerprint density at radius 2 is 2.19 bits per heavy atom. The molecule has 7 nitrogen and oxygen atoms in total. The van der Waals surface area contributed by atoms with Crippen LogP contribution in [0.2, 0.25) is 0 Å². The molecule has 2 unspecified atom stereocenters. The van der Waals surface area contributed by atoms with E-state index in [1.807, 2.05) is 14.1 Å². The summed E-state index contributed by atoms with van der Waals surface area (Å²) in [5.41, 5.74) is 0.428. The summed E-state index contributed by atoms with van der Waals surface area (Å²) < 4.78 is 5.19. The molecule has 1 aliphatic rings. The maximum atomic E-state index is 12.6. The third kappa shape index (κ3) is 3.13. The molecule has 114 valence electrons. The number of amides is 1. The highest BCUT2D eigenvalue weighted by molar-refractivity contribution is 5.97. The van der Waals surface area contributed by atoms with Crippen LogP contribution in [-0.4, -0.2) is 66.8 Å². The predicted octanol–water partition coefficient (Wildman–Crippen LogP) is 0.462. The number of nitrogens with zero attached hydrogens (tertiary/aromatic N) is 3. The zero-order chi connectivity index (χ0) is 15.6. The van der Waals surface area contributed by atoms with Crippen LogP contribution in [0.25, 0.3) is 0 Å². The normalized spacial score (nSPS) is 21.4. The predicted molar refractivity (Wildman–Crippen MR) is 76.4 cm³/mol. The number of anilines is 1. The second-order valence-electron chi connectivity index (χ2n) is 5.20. The molecule has 21 heavy (non-hydrogen) atoms. The van der Waals surface area contributed by atoms with E-state index in [0.29, 0.717) is 17.8 Å². The summed E-state index contributed by atoms with van der Waals surface area (Å²) in [5.74, 6) is -0.674. The largest absolute Gasteiger partial charge is 0.480 e. The monoisotopic (exact) mass is 293 g/mol. The van der Waals surface area contributed by atoms with E-state index >= 15 is 0 Å². The summed E-state index contributed by atoms with van der Waals surface area (Å²) >= 11 is 0. The lowest BCUT2D eigenvalue weighted by atomic mass is 10.2.